The third-order valence-electron chi connectivity index (χ3n) is 7.41. The molecule has 2 nitrogen and oxygen atoms in total. The first-order valence-corrected chi connectivity index (χ1v) is 11.6. The second-order valence-corrected chi connectivity index (χ2v) is 10.2. The number of hydrogen-bond donors (Lipinski definition) is 0. The van der Waals surface area contributed by atoms with Gasteiger partial charge in [0, 0.05) is 30.2 Å². The highest BCUT2D eigenvalue weighted by Crippen LogP contribution is 2.49. The van der Waals surface area contributed by atoms with Gasteiger partial charge < -0.3 is 0 Å². The Bertz CT molecular complexity index is 836. The Morgan fingerprint density at radius 1 is 0.967 bits per heavy atom. The van der Waals surface area contributed by atoms with Crippen molar-refractivity contribution in [3.63, 3.8) is 0 Å². The van der Waals surface area contributed by atoms with Crippen LogP contribution in [0.2, 0.25) is 0 Å². The maximum atomic E-state index is 2.84. The van der Waals surface area contributed by atoms with E-state index in [-0.39, 0.29) is 11.1 Å². The molecule has 0 saturated carbocycles. The number of rotatable bonds is 6. The Balaban J connectivity index is 1.74. The van der Waals surface area contributed by atoms with E-state index in [1.165, 1.54) is 30.6 Å². The van der Waals surface area contributed by atoms with E-state index in [0.29, 0.717) is 12.0 Å². The molecular formula is C28H38N2. The fourth-order valence-corrected chi connectivity index (χ4v) is 6.07. The van der Waals surface area contributed by atoms with Crippen molar-refractivity contribution in [1.29, 1.82) is 0 Å². The zero-order valence-corrected chi connectivity index (χ0v) is 19.2. The second-order valence-electron chi connectivity index (χ2n) is 10.2. The van der Waals surface area contributed by atoms with Crippen molar-refractivity contribution in [2.75, 3.05) is 13.1 Å². The molecule has 0 N–H and O–H groups in total. The number of benzene rings is 2. The zero-order valence-electron chi connectivity index (χ0n) is 19.2. The summed E-state index contributed by atoms with van der Waals surface area (Å²) < 4.78 is 0. The van der Waals surface area contributed by atoms with Gasteiger partial charge in [0.2, 0.25) is 0 Å². The summed E-state index contributed by atoms with van der Waals surface area (Å²) in [6.07, 6.45) is 8.23. The van der Waals surface area contributed by atoms with E-state index in [0.717, 1.165) is 19.4 Å². The molecule has 0 spiro atoms. The minimum atomic E-state index is 0.175. The number of hydrogen-bond acceptors (Lipinski definition) is 2. The van der Waals surface area contributed by atoms with E-state index in [1.807, 2.05) is 0 Å². The summed E-state index contributed by atoms with van der Waals surface area (Å²) in [5, 5.41) is 0. The minimum absolute atomic E-state index is 0.175. The molecule has 0 unspecified atom stereocenters. The first kappa shape index (κ1) is 21.3. The van der Waals surface area contributed by atoms with Crippen LogP contribution in [0.3, 0.4) is 0 Å². The molecule has 2 fully saturated rings. The number of nitrogens with zero attached hydrogens (tertiary/aromatic N) is 2. The van der Waals surface area contributed by atoms with Crippen molar-refractivity contribution < 1.29 is 0 Å². The van der Waals surface area contributed by atoms with E-state index in [1.54, 1.807) is 0 Å². The van der Waals surface area contributed by atoms with E-state index >= 15 is 0 Å². The van der Waals surface area contributed by atoms with Crippen LogP contribution in [0.25, 0.3) is 0 Å². The van der Waals surface area contributed by atoms with Crippen LogP contribution in [0.15, 0.2) is 72.8 Å². The molecule has 2 aliphatic rings. The second kappa shape index (κ2) is 8.69. The van der Waals surface area contributed by atoms with Crippen molar-refractivity contribution in [1.82, 2.24) is 9.80 Å². The van der Waals surface area contributed by atoms with Gasteiger partial charge >= 0.3 is 0 Å². The standard InChI is InChI=1S/C28H38N2/c1-5-6-18-28(20-23-13-9-7-10-14-23)25-17-19-30(27(2,3)4)26(25)22-29(28)21-24-15-11-8-12-16-24/h5-16,25-26H,17-22H2,1-4H3/b6-5+/t25-,26-,28+/m0/s1. The Kier molecular flexibility index (Phi) is 6.18. The van der Waals surface area contributed by atoms with Crippen LogP contribution in [0, 0.1) is 5.92 Å². The van der Waals surface area contributed by atoms with Gasteiger partial charge in [-0.25, -0.2) is 0 Å². The lowest BCUT2D eigenvalue weighted by atomic mass is 9.75. The Morgan fingerprint density at radius 3 is 2.20 bits per heavy atom. The summed E-state index contributed by atoms with van der Waals surface area (Å²) in [6.45, 7) is 12.8. The van der Waals surface area contributed by atoms with Crippen molar-refractivity contribution in [2.45, 2.75) is 70.6 Å². The van der Waals surface area contributed by atoms with E-state index in [9.17, 15) is 0 Å². The lowest BCUT2D eigenvalue weighted by Gasteiger charge is -2.42. The molecule has 2 heterocycles. The van der Waals surface area contributed by atoms with Crippen LogP contribution in [0.1, 0.15) is 51.7 Å². The number of likely N-dealkylation sites (tertiary alicyclic amines) is 2. The normalized spacial score (nSPS) is 27.7. The van der Waals surface area contributed by atoms with Crippen LogP contribution in [0.5, 0.6) is 0 Å². The average Bonchev–Trinajstić information content (AvgIpc) is 3.27. The predicted molar refractivity (Wildman–Crippen MR) is 128 cm³/mol. The molecule has 0 bridgehead atoms. The highest BCUT2D eigenvalue weighted by Gasteiger charge is 2.57. The van der Waals surface area contributed by atoms with Crippen molar-refractivity contribution in [3.8, 4) is 0 Å². The van der Waals surface area contributed by atoms with Crippen LogP contribution < -0.4 is 0 Å². The zero-order chi connectivity index (χ0) is 21.2. The summed E-state index contributed by atoms with van der Waals surface area (Å²) in [5.41, 5.74) is 3.29. The van der Waals surface area contributed by atoms with E-state index in [4.69, 9.17) is 0 Å². The van der Waals surface area contributed by atoms with Gasteiger partial charge in [0.05, 0.1) is 0 Å². The smallest absolute Gasteiger partial charge is 0.0332 e. The van der Waals surface area contributed by atoms with Gasteiger partial charge in [0.1, 0.15) is 0 Å². The molecule has 0 aliphatic carbocycles. The molecule has 2 heteroatoms. The van der Waals surface area contributed by atoms with Crippen LogP contribution in [-0.4, -0.2) is 40.0 Å². The van der Waals surface area contributed by atoms with Crippen LogP contribution >= 0.6 is 0 Å². The third-order valence-corrected chi connectivity index (χ3v) is 7.41. The number of fused-ring (bicyclic) bond motifs is 1. The summed E-state index contributed by atoms with van der Waals surface area (Å²) in [6, 6.07) is 22.9. The Morgan fingerprint density at radius 2 is 1.60 bits per heavy atom. The predicted octanol–water partition coefficient (Wildman–Crippen LogP) is 5.94. The first-order chi connectivity index (χ1) is 14.4. The third kappa shape index (κ3) is 4.13. The van der Waals surface area contributed by atoms with Gasteiger partial charge in [0.25, 0.3) is 0 Å². The van der Waals surface area contributed by atoms with Gasteiger partial charge in [-0.05, 0) is 70.5 Å². The summed E-state index contributed by atoms with van der Waals surface area (Å²) in [4.78, 5) is 5.63. The molecular weight excluding hydrogens is 364 g/mol. The molecule has 2 aromatic carbocycles. The largest absolute Gasteiger partial charge is 0.294 e. The van der Waals surface area contributed by atoms with Crippen molar-refractivity contribution >= 4 is 0 Å². The van der Waals surface area contributed by atoms with E-state index in [2.05, 4.69) is 110 Å². The SMILES string of the molecule is C/C=C/C[C@@]1(Cc2ccccc2)[C@H]2CCN(C(C)(C)C)[C@H]2CN1Cc1ccccc1. The monoisotopic (exact) mass is 402 g/mol. The molecule has 2 aliphatic heterocycles. The molecule has 0 aromatic heterocycles. The molecule has 4 rings (SSSR count). The van der Waals surface area contributed by atoms with Gasteiger partial charge in [-0.15, -0.1) is 0 Å². The molecule has 0 radical (unpaired) electrons. The molecule has 30 heavy (non-hydrogen) atoms. The lowest BCUT2D eigenvalue weighted by Crippen LogP contribution is -2.49. The molecule has 3 atom stereocenters. The summed E-state index contributed by atoms with van der Waals surface area (Å²) >= 11 is 0. The van der Waals surface area contributed by atoms with Gasteiger partial charge in [0.15, 0.2) is 0 Å². The lowest BCUT2D eigenvalue weighted by molar-refractivity contribution is 0.0887. The fraction of sp³-hybridized carbons (Fsp3) is 0.500. The molecule has 2 saturated heterocycles. The minimum Gasteiger partial charge on any atom is -0.294 e. The van der Waals surface area contributed by atoms with Gasteiger partial charge in [-0.3, -0.25) is 9.80 Å². The van der Waals surface area contributed by atoms with Crippen LogP contribution in [-0.2, 0) is 13.0 Å². The maximum absolute atomic E-state index is 2.84. The van der Waals surface area contributed by atoms with E-state index < -0.39 is 0 Å². The summed E-state index contributed by atoms with van der Waals surface area (Å²) in [5.74, 6) is 0.705. The quantitative estimate of drug-likeness (QED) is 0.552. The molecule has 160 valence electrons. The fourth-order valence-electron chi connectivity index (χ4n) is 6.07. The van der Waals surface area contributed by atoms with Crippen molar-refractivity contribution in [2.24, 2.45) is 5.92 Å². The molecule has 0 amide bonds. The first-order valence-electron chi connectivity index (χ1n) is 11.6. The van der Waals surface area contributed by atoms with Gasteiger partial charge in [-0.1, -0.05) is 72.8 Å². The average molecular weight is 403 g/mol. The van der Waals surface area contributed by atoms with Crippen molar-refractivity contribution in [3.05, 3.63) is 83.9 Å². The summed E-state index contributed by atoms with van der Waals surface area (Å²) in [7, 11) is 0. The Labute approximate surface area is 183 Å². The Hall–Kier alpha value is -1.90. The highest BCUT2D eigenvalue weighted by atomic mass is 15.3. The molecule has 2 aromatic rings. The maximum Gasteiger partial charge on any atom is 0.0332 e. The highest BCUT2D eigenvalue weighted by molar-refractivity contribution is 5.25. The topological polar surface area (TPSA) is 6.48 Å². The number of allylic oxidation sites excluding steroid dienone is 1. The van der Waals surface area contributed by atoms with Gasteiger partial charge in [-0.2, -0.15) is 0 Å². The van der Waals surface area contributed by atoms with Crippen LogP contribution in [0.4, 0.5) is 0 Å².